The number of alkyl halides is 3. The van der Waals surface area contributed by atoms with Crippen molar-refractivity contribution in [2.45, 2.75) is 12.6 Å². The van der Waals surface area contributed by atoms with Crippen molar-refractivity contribution in [3.05, 3.63) is 64.7 Å². The van der Waals surface area contributed by atoms with Crippen LogP contribution in [-0.4, -0.2) is 73.7 Å². The average molecular weight is 536 g/mol. The molecule has 0 radical (unpaired) electrons. The van der Waals surface area contributed by atoms with E-state index in [-0.39, 0.29) is 47.3 Å². The second-order valence-corrected chi connectivity index (χ2v) is 7.89. The van der Waals surface area contributed by atoms with Crippen molar-refractivity contribution >= 4 is 35.4 Å². The Morgan fingerprint density at radius 1 is 0.974 bits per heavy atom. The third-order valence-electron chi connectivity index (χ3n) is 4.82. The van der Waals surface area contributed by atoms with Gasteiger partial charge >= 0.3 is 18.1 Å². The van der Waals surface area contributed by atoms with E-state index < -0.39 is 36.2 Å². The van der Waals surface area contributed by atoms with Gasteiger partial charge in [-0.25, -0.2) is 9.59 Å². The zero-order valence-corrected chi connectivity index (χ0v) is 20.2. The lowest BCUT2D eigenvalue weighted by Gasteiger charge is -2.13. The van der Waals surface area contributed by atoms with Crippen LogP contribution >= 0.6 is 0 Å². The Kier molecular flexibility index (Phi) is 9.68. The summed E-state index contributed by atoms with van der Waals surface area (Å²) in [7, 11) is 3.19. The minimum absolute atomic E-state index is 0.0307. The number of nitrogens with zero attached hydrogens (tertiary/aromatic N) is 1. The van der Waals surface area contributed by atoms with Gasteiger partial charge in [0.15, 0.2) is 0 Å². The maximum Gasteiger partial charge on any atom is 0.491 e. The van der Waals surface area contributed by atoms with Crippen LogP contribution in [-0.2, 0) is 25.5 Å². The number of hydrogen-bond donors (Lipinski definition) is 3. The van der Waals surface area contributed by atoms with Crippen LogP contribution in [0.3, 0.4) is 0 Å². The van der Waals surface area contributed by atoms with Crippen LogP contribution in [0.15, 0.2) is 42.5 Å². The first kappa shape index (κ1) is 29.5. The highest BCUT2D eigenvalue weighted by molar-refractivity contribution is 6.35. The number of nitrogens with one attached hydrogen (secondary N) is 2. The molecule has 0 aliphatic rings. The quantitative estimate of drug-likeness (QED) is 0.102. The fourth-order valence-corrected chi connectivity index (χ4v) is 2.90. The molecule has 0 aromatic heterocycles. The molecule has 11 nitrogen and oxygen atoms in total. The summed E-state index contributed by atoms with van der Waals surface area (Å²) in [5, 5.41) is 10.1. The average Bonchev–Trinajstić information content (AvgIpc) is 2.85. The van der Waals surface area contributed by atoms with Gasteiger partial charge in [-0.15, -0.1) is 0 Å². The summed E-state index contributed by atoms with van der Waals surface area (Å²) in [6, 6.07) is 9.77. The Balaban J connectivity index is 2.02. The fourth-order valence-electron chi connectivity index (χ4n) is 2.90. The summed E-state index contributed by atoms with van der Waals surface area (Å²) in [4.78, 5) is 60.1. The van der Waals surface area contributed by atoms with E-state index in [4.69, 9.17) is 15.9 Å². The number of carbonyl (C=O) groups excluding carboxylic acids is 5. The summed E-state index contributed by atoms with van der Waals surface area (Å²) in [6.45, 7) is -0.181. The van der Waals surface area contributed by atoms with E-state index in [0.717, 1.165) is 0 Å². The molecule has 0 saturated carbocycles. The van der Waals surface area contributed by atoms with Gasteiger partial charge in [0.25, 0.3) is 11.8 Å². The zero-order valence-electron chi connectivity index (χ0n) is 20.2. The maximum atomic E-state index is 12.4. The number of esters is 2. The molecular weight excluding hydrogens is 513 g/mol. The summed E-state index contributed by atoms with van der Waals surface area (Å²) >= 11 is 0. The first-order valence-corrected chi connectivity index (χ1v) is 10.8. The predicted molar refractivity (Wildman–Crippen MR) is 126 cm³/mol. The normalized spacial score (nSPS) is 10.8. The molecule has 2 rings (SSSR count). The second kappa shape index (κ2) is 12.5. The van der Waals surface area contributed by atoms with Crippen molar-refractivity contribution in [2.24, 2.45) is 5.73 Å². The number of Topliss-reactive ketones (excluding diaryl/α,β-unsaturated/α-hetero) is 1. The Hall–Kier alpha value is -4.75. The van der Waals surface area contributed by atoms with Crippen LogP contribution in [0.1, 0.15) is 31.8 Å². The van der Waals surface area contributed by atoms with Crippen LogP contribution in [0.4, 0.5) is 13.2 Å². The first-order valence-electron chi connectivity index (χ1n) is 10.8. The van der Waals surface area contributed by atoms with Gasteiger partial charge < -0.3 is 25.4 Å². The first-order chi connectivity index (χ1) is 17.7. The lowest BCUT2D eigenvalue weighted by molar-refractivity contribution is -0.202. The van der Waals surface area contributed by atoms with Gasteiger partial charge in [0.05, 0.1) is 6.54 Å². The van der Waals surface area contributed by atoms with Crippen molar-refractivity contribution in [1.29, 1.82) is 5.41 Å². The number of amides is 2. The molecule has 2 amide bonds. The molecule has 0 saturated heterocycles. The lowest BCUT2D eigenvalue weighted by atomic mass is 10.0. The molecule has 2 aromatic carbocycles. The summed E-state index contributed by atoms with van der Waals surface area (Å²) in [5.41, 5.74) is 6.33. The van der Waals surface area contributed by atoms with Gasteiger partial charge in [-0.3, -0.25) is 19.8 Å². The topological polar surface area (TPSA) is 169 Å². The molecule has 0 heterocycles. The second-order valence-electron chi connectivity index (χ2n) is 7.89. The SMILES string of the molecule is CN(C)C(=O)c1ccc(C(=O)NCCOc2cc(C(=N)N)ccc2CC(=O)C(=O)OC(=O)C(F)(F)F)cc1. The number of ketones is 1. The van der Waals surface area contributed by atoms with E-state index >= 15 is 0 Å². The van der Waals surface area contributed by atoms with Crippen molar-refractivity contribution in [2.75, 3.05) is 27.2 Å². The Morgan fingerprint density at radius 3 is 2.11 bits per heavy atom. The number of ether oxygens (including phenoxy) is 2. The minimum Gasteiger partial charge on any atom is -0.491 e. The van der Waals surface area contributed by atoms with E-state index in [9.17, 15) is 37.1 Å². The molecule has 2 aromatic rings. The highest BCUT2D eigenvalue weighted by Crippen LogP contribution is 2.22. The van der Waals surface area contributed by atoms with Crippen LogP contribution in [0.2, 0.25) is 0 Å². The van der Waals surface area contributed by atoms with Gasteiger partial charge in [-0.05, 0) is 30.3 Å². The van der Waals surface area contributed by atoms with Gasteiger partial charge in [0.1, 0.15) is 18.2 Å². The van der Waals surface area contributed by atoms with Crippen LogP contribution in [0.25, 0.3) is 0 Å². The predicted octanol–water partition coefficient (Wildman–Crippen LogP) is 1.22. The molecule has 202 valence electrons. The molecule has 38 heavy (non-hydrogen) atoms. The number of nitrogen functional groups attached to an aromatic ring is 1. The van der Waals surface area contributed by atoms with Crippen LogP contribution < -0.4 is 15.8 Å². The van der Waals surface area contributed by atoms with E-state index in [1.54, 1.807) is 14.1 Å². The van der Waals surface area contributed by atoms with Gasteiger partial charge in [-0.2, -0.15) is 13.2 Å². The van der Waals surface area contributed by atoms with Crippen molar-refractivity contribution < 1.29 is 46.6 Å². The number of carbonyl (C=O) groups is 5. The molecule has 0 aliphatic heterocycles. The maximum absolute atomic E-state index is 12.4. The Labute approximate surface area is 214 Å². The van der Waals surface area contributed by atoms with E-state index in [2.05, 4.69) is 10.1 Å². The number of nitrogens with two attached hydrogens (primary N) is 1. The van der Waals surface area contributed by atoms with E-state index in [0.29, 0.717) is 5.56 Å². The van der Waals surface area contributed by atoms with E-state index in [1.807, 2.05) is 0 Å². The van der Waals surface area contributed by atoms with E-state index in [1.165, 1.54) is 47.4 Å². The monoisotopic (exact) mass is 536 g/mol. The van der Waals surface area contributed by atoms with Gasteiger partial charge in [0.2, 0.25) is 5.78 Å². The molecule has 0 aliphatic carbocycles. The number of hydrogen-bond acceptors (Lipinski definition) is 8. The fraction of sp³-hybridized carbons (Fsp3) is 0.250. The van der Waals surface area contributed by atoms with Crippen LogP contribution in [0, 0.1) is 5.41 Å². The highest BCUT2D eigenvalue weighted by atomic mass is 19.4. The molecule has 4 N–H and O–H groups in total. The summed E-state index contributed by atoms with van der Waals surface area (Å²) in [6.07, 6.45) is -6.23. The van der Waals surface area contributed by atoms with Crippen molar-refractivity contribution in [3.63, 3.8) is 0 Å². The highest BCUT2D eigenvalue weighted by Gasteiger charge is 2.43. The molecule has 0 fully saturated rings. The largest absolute Gasteiger partial charge is 0.491 e. The Morgan fingerprint density at radius 2 is 1.55 bits per heavy atom. The summed E-state index contributed by atoms with van der Waals surface area (Å²) < 4.78 is 45.9. The molecule has 0 atom stereocenters. The zero-order chi connectivity index (χ0) is 28.6. The number of amidine groups is 1. The lowest BCUT2D eigenvalue weighted by Crippen LogP contribution is -2.31. The third-order valence-corrected chi connectivity index (χ3v) is 4.82. The molecule has 0 bridgehead atoms. The number of rotatable bonds is 10. The molecule has 14 heteroatoms. The standard InChI is InChI=1S/C24H23F3N4O7/c1-31(2)21(34)14-5-3-13(4-6-14)20(33)30-9-10-37-18-12-16(19(28)29)8-7-15(18)11-17(32)22(35)38-23(36)24(25,26)27/h3-8,12H,9-11H2,1-2H3,(H3,28,29)(H,30,33). The smallest absolute Gasteiger partial charge is 0.491 e. The number of halogens is 3. The van der Waals surface area contributed by atoms with Gasteiger partial charge in [-0.1, -0.05) is 12.1 Å². The van der Waals surface area contributed by atoms with Crippen molar-refractivity contribution in [1.82, 2.24) is 10.2 Å². The molecule has 0 unspecified atom stereocenters. The molecular formula is C24H23F3N4O7. The number of benzene rings is 2. The third kappa shape index (κ3) is 8.15. The summed E-state index contributed by atoms with van der Waals surface area (Å²) in [5.74, 6) is -7.37. The van der Waals surface area contributed by atoms with Crippen molar-refractivity contribution in [3.8, 4) is 5.75 Å². The Bertz CT molecular complexity index is 1260. The van der Waals surface area contributed by atoms with Gasteiger partial charge in [0, 0.05) is 42.8 Å². The minimum atomic E-state index is -5.45. The molecule has 0 spiro atoms. The van der Waals surface area contributed by atoms with Crippen LogP contribution in [0.5, 0.6) is 5.75 Å².